The van der Waals surface area contributed by atoms with Gasteiger partial charge in [0.25, 0.3) is 0 Å². The van der Waals surface area contributed by atoms with Crippen molar-refractivity contribution in [3.05, 3.63) is 15.6 Å². The number of thiazole rings is 1. The lowest BCUT2D eigenvalue weighted by Gasteiger charge is -2.23. The Morgan fingerprint density at radius 2 is 2.14 bits per heavy atom. The van der Waals surface area contributed by atoms with E-state index < -0.39 is 0 Å². The summed E-state index contributed by atoms with van der Waals surface area (Å²) in [7, 11) is 0. The topological polar surface area (TPSA) is 40.5 Å². The molecule has 0 atom stereocenters. The molecule has 22 heavy (non-hydrogen) atoms. The van der Waals surface area contributed by atoms with Crippen LogP contribution in [0.1, 0.15) is 42.8 Å². The van der Waals surface area contributed by atoms with E-state index in [0.29, 0.717) is 5.41 Å². The third kappa shape index (κ3) is 5.37. The maximum atomic E-state index is 4.82. The largest absolute Gasteiger partial charge is 0.357 e. The van der Waals surface area contributed by atoms with Crippen LogP contribution in [0, 0.1) is 19.3 Å². The predicted molar refractivity (Wildman–Crippen MR) is 107 cm³/mol. The molecule has 126 valence electrons. The van der Waals surface area contributed by atoms with Crippen molar-refractivity contribution in [2.45, 2.75) is 47.5 Å². The second-order valence-electron chi connectivity index (χ2n) is 6.56. The molecule has 0 amide bonds. The van der Waals surface area contributed by atoms with E-state index in [2.05, 4.69) is 49.8 Å². The monoisotopic (exact) mass is 436 g/mol. The number of aliphatic imine (C=N–C) groups is 1. The highest BCUT2D eigenvalue weighted by atomic mass is 127. The highest BCUT2D eigenvalue weighted by Crippen LogP contribution is 2.28. The van der Waals surface area contributed by atoms with Crippen molar-refractivity contribution in [3.8, 4) is 0 Å². The lowest BCUT2D eigenvalue weighted by atomic mass is 9.93. The normalized spacial score (nSPS) is 17.5. The maximum Gasteiger partial charge on any atom is 0.193 e. The first-order valence-electron chi connectivity index (χ1n) is 7.87. The molecule has 0 unspecified atom stereocenters. The van der Waals surface area contributed by atoms with E-state index in [0.717, 1.165) is 43.6 Å². The molecule has 2 heterocycles. The van der Waals surface area contributed by atoms with E-state index in [1.165, 1.54) is 17.0 Å². The molecule has 4 nitrogen and oxygen atoms in total. The molecule has 1 aliphatic rings. The van der Waals surface area contributed by atoms with Crippen molar-refractivity contribution in [2.75, 3.05) is 26.2 Å². The van der Waals surface area contributed by atoms with Crippen LogP contribution in [0.5, 0.6) is 0 Å². The van der Waals surface area contributed by atoms with Crippen LogP contribution < -0.4 is 5.32 Å². The van der Waals surface area contributed by atoms with Crippen LogP contribution in [0.3, 0.4) is 0 Å². The van der Waals surface area contributed by atoms with E-state index in [4.69, 9.17) is 4.99 Å². The van der Waals surface area contributed by atoms with Gasteiger partial charge in [-0.25, -0.2) is 4.98 Å². The fourth-order valence-corrected chi connectivity index (χ4v) is 3.71. The van der Waals surface area contributed by atoms with E-state index >= 15 is 0 Å². The molecule has 6 heteroatoms. The van der Waals surface area contributed by atoms with Crippen LogP contribution in [-0.2, 0) is 6.42 Å². The average molecular weight is 436 g/mol. The summed E-state index contributed by atoms with van der Waals surface area (Å²) < 4.78 is 0. The quantitative estimate of drug-likeness (QED) is 0.445. The van der Waals surface area contributed by atoms with Gasteiger partial charge in [-0.1, -0.05) is 13.8 Å². The van der Waals surface area contributed by atoms with E-state index in [-0.39, 0.29) is 24.0 Å². The molecular weight excluding hydrogens is 407 g/mol. The zero-order chi connectivity index (χ0) is 15.5. The summed E-state index contributed by atoms with van der Waals surface area (Å²) in [6.45, 7) is 14.9. The van der Waals surface area contributed by atoms with Crippen LogP contribution in [0.2, 0.25) is 0 Å². The Morgan fingerprint density at radius 3 is 2.64 bits per heavy atom. The third-order valence-electron chi connectivity index (χ3n) is 3.91. The zero-order valence-corrected chi connectivity index (χ0v) is 17.5. The molecule has 0 aromatic carbocycles. The number of halogens is 1. The Bertz CT molecular complexity index is 510. The number of rotatable bonds is 4. The molecule has 2 rings (SSSR count). The second-order valence-corrected chi connectivity index (χ2v) is 7.85. The summed E-state index contributed by atoms with van der Waals surface area (Å²) >= 11 is 1.80. The van der Waals surface area contributed by atoms with Gasteiger partial charge in [0.05, 0.1) is 10.7 Å². The number of guanidine groups is 1. The van der Waals surface area contributed by atoms with Crippen molar-refractivity contribution in [1.82, 2.24) is 15.2 Å². The Labute approximate surface area is 155 Å². The molecule has 1 aromatic heterocycles. The van der Waals surface area contributed by atoms with Crippen molar-refractivity contribution >= 4 is 41.3 Å². The summed E-state index contributed by atoms with van der Waals surface area (Å²) in [5.74, 6) is 1.07. The molecule has 0 bridgehead atoms. The molecule has 1 N–H and O–H groups in total. The van der Waals surface area contributed by atoms with Gasteiger partial charge in [-0.3, -0.25) is 4.99 Å². The fraction of sp³-hybridized carbons (Fsp3) is 0.750. The minimum Gasteiger partial charge on any atom is -0.357 e. The van der Waals surface area contributed by atoms with Crippen molar-refractivity contribution in [2.24, 2.45) is 10.4 Å². The molecule has 1 saturated heterocycles. The van der Waals surface area contributed by atoms with Crippen LogP contribution in [0.15, 0.2) is 4.99 Å². The summed E-state index contributed by atoms with van der Waals surface area (Å²) in [4.78, 5) is 13.1. The number of nitrogens with zero attached hydrogens (tertiary/aromatic N) is 3. The van der Waals surface area contributed by atoms with Crippen LogP contribution in [-0.4, -0.2) is 42.0 Å². The second kappa shape index (κ2) is 8.47. The van der Waals surface area contributed by atoms with Gasteiger partial charge in [-0.2, -0.15) is 0 Å². The predicted octanol–water partition coefficient (Wildman–Crippen LogP) is 3.62. The summed E-state index contributed by atoms with van der Waals surface area (Å²) in [5.41, 5.74) is 1.57. The Balaban J connectivity index is 0.00000242. The number of nitrogens with one attached hydrogen (secondary N) is 1. The molecular formula is C16H29IN4S. The maximum absolute atomic E-state index is 4.82. The average Bonchev–Trinajstić information content (AvgIpc) is 2.91. The third-order valence-corrected chi connectivity index (χ3v) is 5.04. The van der Waals surface area contributed by atoms with Gasteiger partial charge in [-0.15, -0.1) is 35.3 Å². The first-order chi connectivity index (χ1) is 9.91. The number of hydrogen-bond acceptors (Lipinski definition) is 3. The highest BCUT2D eigenvalue weighted by molar-refractivity contribution is 14.0. The molecule has 0 aliphatic carbocycles. The van der Waals surface area contributed by atoms with Crippen molar-refractivity contribution in [3.63, 3.8) is 0 Å². The minimum absolute atomic E-state index is 0. The van der Waals surface area contributed by atoms with Gasteiger partial charge in [0.2, 0.25) is 0 Å². The van der Waals surface area contributed by atoms with Gasteiger partial charge >= 0.3 is 0 Å². The summed E-state index contributed by atoms with van der Waals surface area (Å²) in [5, 5.41) is 4.58. The minimum atomic E-state index is 0. The molecule has 0 saturated carbocycles. The Hall–Kier alpha value is -0.370. The summed E-state index contributed by atoms with van der Waals surface area (Å²) in [6, 6.07) is 0. The van der Waals surface area contributed by atoms with Crippen LogP contribution in [0.25, 0.3) is 0 Å². The lowest BCUT2D eigenvalue weighted by molar-refractivity contribution is 0.370. The number of aryl methyl sites for hydroxylation is 2. The first-order valence-corrected chi connectivity index (χ1v) is 8.69. The summed E-state index contributed by atoms with van der Waals surface area (Å²) in [6.07, 6.45) is 2.23. The first kappa shape index (κ1) is 19.7. The van der Waals surface area contributed by atoms with Gasteiger partial charge in [-0.05, 0) is 32.6 Å². The fourth-order valence-electron chi connectivity index (χ4n) is 2.79. The SMILES string of the molecule is CCNC(=NCCc1sc(C)nc1C)N1CCC(C)(C)C1.I. The van der Waals surface area contributed by atoms with Crippen LogP contribution >= 0.6 is 35.3 Å². The standard InChI is InChI=1S/C16H28N4S.HI/c1-6-17-15(20-10-8-16(4,5)11-20)18-9-7-14-12(2)19-13(3)21-14;/h6-11H2,1-5H3,(H,17,18);1H. The number of aromatic nitrogens is 1. The highest BCUT2D eigenvalue weighted by Gasteiger charge is 2.30. The van der Waals surface area contributed by atoms with Crippen molar-refractivity contribution in [1.29, 1.82) is 0 Å². The van der Waals surface area contributed by atoms with Crippen LogP contribution in [0.4, 0.5) is 0 Å². The molecule has 0 spiro atoms. The van der Waals surface area contributed by atoms with Gasteiger partial charge in [0.15, 0.2) is 5.96 Å². The van der Waals surface area contributed by atoms with E-state index in [1.807, 2.05) is 0 Å². The van der Waals surface area contributed by atoms with Crippen molar-refractivity contribution < 1.29 is 0 Å². The zero-order valence-electron chi connectivity index (χ0n) is 14.4. The van der Waals surface area contributed by atoms with Gasteiger partial charge in [0, 0.05) is 37.5 Å². The Morgan fingerprint density at radius 1 is 1.41 bits per heavy atom. The Kier molecular flexibility index (Phi) is 7.58. The smallest absolute Gasteiger partial charge is 0.193 e. The van der Waals surface area contributed by atoms with E-state index in [1.54, 1.807) is 11.3 Å². The number of hydrogen-bond donors (Lipinski definition) is 1. The van der Waals surface area contributed by atoms with Gasteiger partial charge < -0.3 is 10.2 Å². The molecule has 1 fully saturated rings. The molecule has 0 radical (unpaired) electrons. The molecule has 1 aromatic rings. The van der Waals surface area contributed by atoms with E-state index in [9.17, 15) is 0 Å². The van der Waals surface area contributed by atoms with Gasteiger partial charge in [0.1, 0.15) is 0 Å². The number of likely N-dealkylation sites (tertiary alicyclic amines) is 1. The lowest BCUT2D eigenvalue weighted by Crippen LogP contribution is -2.40. The molecule has 1 aliphatic heterocycles.